The van der Waals surface area contributed by atoms with Gasteiger partial charge in [0.2, 0.25) is 0 Å². The number of hydrogen-bond donors (Lipinski definition) is 2. The fourth-order valence-corrected chi connectivity index (χ4v) is 3.77. The maximum atomic E-state index is 12.6. The van der Waals surface area contributed by atoms with Gasteiger partial charge in [0.05, 0.1) is 0 Å². The number of nitrogens with one attached hydrogen (secondary N) is 2. The van der Waals surface area contributed by atoms with E-state index in [1.807, 2.05) is 6.20 Å². The average molecular weight is 326 g/mol. The third-order valence-electron chi connectivity index (χ3n) is 5.10. The Morgan fingerprint density at radius 1 is 1.25 bits per heavy atom. The lowest BCUT2D eigenvalue weighted by atomic mass is 10.0. The third-order valence-corrected chi connectivity index (χ3v) is 5.10. The van der Waals surface area contributed by atoms with Crippen LogP contribution in [0.4, 0.5) is 0 Å². The van der Waals surface area contributed by atoms with Gasteiger partial charge in [0, 0.05) is 37.1 Å². The molecule has 2 aliphatic rings. The molecule has 0 radical (unpaired) electrons. The molecule has 1 aliphatic carbocycles. The lowest BCUT2D eigenvalue weighted by Crippen LogP contribution is -2.42. The van der Waals surface area contributed by atoms with Gasteiger partial charge in [-0.1, -0.05) is 6.42 Å². The van der Waals surface area contributed by atoms with E-state index in [1.54, 1.807) is 12.3 Å². The van der Waals surface area contributed by atoms with Crippen LogP contribution in [0.5, 0.6) is 0 Å². The number of amides is 1. The van der Waals surface area contributed by atoms with Gasteiger partial charge in [0.15, 0.2) is 0 Å². The average Bonchev–Trinajstić information content (AvgIpc) is 2.91. The summed E-state index contributed by atoms with van der Waals surface area (Å²) in [5.41, 5.74) is 2.10. The number of aromatic amines is 1. The van der Waals surface area contributed by atoms with Crippen LogP contribution in [-0.2, 0) is 25.8 Å². The summed E-state index contributed by atoms with van der Waals surface area (Å²) in [6, 6.07) is 1.85. The van der Waals surface area contributed by atoms with Gasteiger partial charge in [-0.15, -0.1) is 0 Å². The van der Waals surface area contributed by atoms with E-state index in [1.165, 1.54) is 6.42 Å². The fourth-order valence-electron chi connectivity index (χ4n) is 3.77. The number of fused-ring (bicyclic) bond motifs is 2. The van der Waals surface area contributed by atoms with E-state index in [4.69, 9.17) is 0 Å². The molecule has 0 aromatic carbocycles. The van der Waals surface area contributed by atoms with Crippen LogP contribution in [0.15, 0.2) is 23.3 Å². The quantitative estimate of drug-likeness (QED) is 0.823. The molecule has 2 N–H and O–H groups in total. The van der Waals surface area contributed by atoms with Crippen LogP contribution in [0.1, 0.15) is 53.1 Å². The summed E-state index contributed by atoms with van der Waals surface area (Å²) in [7, 11) is 0. The summed E-state index contributed by atoms with van der Waals surface area (Å²) in [6.07, 6.45) is 10.7. The van der Waals surface area contributed by atoms with Crippen LogP contribution in [0.2, 0.25) is 0 Å². The number of carbonyl (C=O) groups is 1. The summed E-state index contributed by atoms with van der Waals surface area (Å²) in [5.74, 6) is 0.792. The van der Waals surface area contributed by atoms with Crippen molar-refractivity contribution >= 4 is 5.91 Å². The van der Waals surface area contributed by atoms with Gasteiger partial charge in [-0.05, 0) is 43.7 Å². The molecule has 2 aromatic rings. The molecule has 0 saturated heterocycles. The van der Waals surface area contributed by atoms with E-state index in [2.05, 4.69) is 19.9 Å². The number of H-pyrrole nitrogens is 1. The van der Waals surface area contributed by atoms with Gasteiger partial charge in [-0.2, -0.15) is 0 Å². The van der Waals surface area contributed by atoms with Gasteiger partial charge in [-0.3, -0.25) is 9.59 Å². The number of nitrogens with zero attached hydrogens (tertiary/aromatic N) is 2. The molecule has 2 aromatic heterocycles. The van der Waals surface area contributed by atoms with E-state index in [0.29, 0.717) is 6.54 Å². The van der Waals surface area contributed by atoms with Crippen molar-refractivity contribution in [2.75, 3.05) is 0 Å². The molecule has 4 rings (SSSR count). The Balaban J connectivity index is 1.52. The standard InChI is InChI=1S/C18H22N4O2/c23-17(20-13-6-7-16-19-8-9-22(16)11-13)14-10-12-4-2-1-3-5-15(12)21-18(14)24/h8-10,13H,1-7,11H2,(H,20,23)(H,21,24)/t13-/m0/s1. The first-order chi connectivity index (χ1) is 11.7. The lowest BCUT2D eigenvalue weighted by molar-refractivity contribution is 0.0926. The van der Waals surface area contributed by atoms with E-state index < -0.39 is 0 Å². The highest BCUT2D eigenvalue weighted by Crippen LogP contribution is 2.19. The van der Waals surface area contributed by atoms with Crippen molar-refractivity contribution in [3.63, 3.8) is 0 Å². The van der Waals surface area contributed by atoms with Gasteiger partial charge in [0.1, 0.15) is 11.4 Å². The van der Waals surface area contributed by atoms with E-state index in [9.17, 15) is 9.59 Å². The first-order valence-corrected chi connectivity index (χ1v) is 8.76. The Labute approximate surface area is 140 Å². The normalized spacial score (nSPS) is 19.9. The second-order valence-corrected chi connectivity index (χ2v) is 6.78. The first-order valence-electron chi connectivity index (χ1n) is 8.76. The minimum Gasteiger partial charge on any atom is -0.347 e. The zero-order chi connectivity index (χ0) is 16.5. The Morgan fingerprint density at radius 2 is 2.12 bits per heavy atom. The highest BCUT2D eigenvalue weighted by molar-refractivity contribution is 5.94. The maximum absolute atomic E-state index is 12.6. The highest BCUT2D eigenvalue weighted by atomic mass is 16.2. The van der Waals surface area contributed by atoms with Crippen LogP contribution < -0.4 is 10.9 Å². The number of imidazole rings is 1. The molecule has 1 aliphatic heterocycles. The summed E-state index contributed by atoms with van der Waals surface area (Å²) in [5, 5.41) is 3.02. The lowest BCUT2D eigenvalue weighted by Gasteiger charge is -2.24. The van der Waals surface area contributed by atoms with Gasteiger partial charge in [0.25, 0.3) is 11.5 Å². The number of aryl methyl sites for hydroxylation is 3. The third kappa shape index (κ3) is 2.88. The summed E-state index contributed by atoms with van der Waals surface area (Å²) in [4.78, 5) is 32.1. The summed E-state index contributed by atoms with van der Waals surface area (Å²) in [6.45, 7) is 0.712. The molecule has 0 spiro atoms. The molecule has 0 fully saturated rings. The van der Waals surface area contributed by atoms with Crippen molar-refractivity contribution in [1.82, 2.24) is 19.9 Å². The molecule has 1 atom stereocenters. The predicted octanol–water partition coefficient (Wildman–Crippen LogP) is 1.59. The van der Waals surface area contributed by atoms with Crippen LogP contribution in [0.3, 0.4) is 0 Å². The van der Waals surface area contributed by atoms with Crippen molar-refractivity contribution < 1.29 is 4.79 Å². The van der Waals surface area contributed by atoms with Crippen molar-refractivity contribution in [2.24, 2.45) is 0 Å². The minimum absolute atomic E-state index is 0.0393. The second-order valence-electron chi connectivity index (χ2n) is 6.78. The number of aromatic nitrogens is 3. The number of hydrogen-bond acceptors (Lipinski definition) is 3. The second kappa shape index (κ2) is 6.26. The maximum Gasteiger partial charge on any atom is 0.261 e. The Bertz CT molecular complexity index is 821. The first kappa shape index (κ1) is 15.2. The molecule has 0 unspecified atom stereocenters. The number of pyridine rings is 1. The summed E-state index contributed by atoms with van der Waals surface area (Å²) >= 11 is 0. The van der Waals surface area contributed by atoms with Crippen molar-refractivity contribution in [1.29, 1.82) is 0 Å². The molecule has 1 amide bonds. The molecule has 126 valence electrons. The number of carbonyl (C=O) groups excluding carboxylic acids is 1. The molecular formula is C18H22N4O2. The van der Waals surface area contributed by atoms with Crippen molar-refractivity contribution in [3.05, 3.63) is 51.5 Å². The predicted molar refractivity (Wildman–Crippen MR) is 90.1 cm³/mol. The molecule has 3 heterocycles. The van der Waals surface area contributed by atoms with Gasteiger partial charge >= 0.3 is 0 Å². The van der Waals surface area contributed by atoms with Crippen LogP contribution >= 0.6 is 0 Å². The SMILES string of the molecule is O=C(N[C@H]1CCc2nccn2C1)c1cc2c([nH]c1=O)CCCCC2. The largest absolute Gasteiger partial charge is 0.347 e. The summed E-state index contributed by atoms with van der Waals surface area (Å²) < 4.78 is 2.07. The van der Waals surface area contributed by atoms with Crippen LogP contribution in [-0.4, -0.2) is 26.5 Å². The Hall–Kier alpha value is -2.37. The van der Waals surface area contributed by atoms with Gasteiger partial charge < -0.3 is 14.9 Å². The molecule has 0 saturated carbocycles. The molecule has 6 heteroatoms. The highest BCUT2D eigenvalue weighted by Gasteiger charge is 2.23. The van der Waals surface area contributed by atoms with Crippen LogP contribution in [0, 0.1) is 0 Å². The number of rotatable bonds is 2. The van der Waals surface area contributed by atoms with Gasteiger partial charge in [-0.25, -0.2) is 4.98 Å². The molecule has 0 bridgehead atoms. The van der Waals surface area contributed by atoms with Crippen LogP contribution in [0.25, 0.3) is 0 Å². The van der Waals surface area contributed by atoms with E-state index in [-0.39, 0.29) is 23.1 Å². The van der Waals surface area contributed by atoms with E-state index >= 15 is 0 Å². The molecular weight excluding hydrogens is 304 g/mol. The topological polar surface area (TPSA) is 79.8 Å². The zero-order valence-corrected chi connectivity index (χ0v) is 13.7. The molecule has 6 nitrogen and oxygen atoms in total. The smallest absolute Gasteiger partial charge is 0.261 e. The Morgan fingerprint density at radius 3 is 3.04 bits per heavy atom. The molecule has 24 heavy (non-hydrogen) atoms. The minimum atomic E-state index is -0.271. The Kier molecular flexibility index (Phi) is 3.96. The van der Waals surface area contributed by atoms with Crippen molar-refractivity contribution in [2.45, 2.75) is 57.5 Å². The fraction of sp³-hybridized carbons (Fsp3) is 0.500. The van der Waals surface area contributed by atoms with E-state index in [0.717, 1.165) is 55.6 Å². The zero-order valence-electron chi connectivity index (χ0n) is 13.7. The monoisotopic (exact) mass is 326 g/mol. The van der Waals surface area contributed by atoms with Crippen molar-refractivity contribution in [3.8, 4) is 0 Å².